The Morgan fingerprint density at radius 2 is 1.80 bits per heavy atom. The third kappa shape index (κ3) is 3.28. The van der Waals surface area contributed by atoms with Crippen molar-refractivity contribution in [3.63, 3.8) is 0 Å². The summed E-state index contributed by atoms with van der Waals surface area (Å²) >= 11 is 0. The van der Waals surface area contributed by atoms with Crippen LogP contribution >= 0.6 is 0 Å². The highest BCUT2D eigenvalue weighted by atomic mass is 15.0. The zero-order valence-electron chi connectivity index (χ0n) is 12.7. The second-order valence-electron chi connectivity index (χ2n) is 5.27. The zero-order chi connectivity index (χ0) is 14.4. The number of rotatable bonds is 7. The molecule has 3 heteroatoms. The Morgan fingerprint density at radius 3 is 2.45 bits per heavy atom. The number of hydrogen-bond acceptors (Lipinski definition) is 3. The van der Waals surface area contributed by atoms with Crippen LogP contribution < -0.4 is 10.6 Å². The molecule has 1 heterocycles. The van der Waals surface area contributed by atoms with Crippen LogP contribution in [0.1, 0.15) is 32.3 Å². The Kier molecular flexibility index (Phi) is 5.36. The highest BCUT2D eigenvalue weighted by molar-refractivity contribution is 5.93. The van der Waals surface area contributed by atoms with E-state index in [0.717, 1.165) is 18.9 Å². The Morgan fingerprint density at radius 1 is 1.10 bits per heavy atom. The molecule has 0 radical (unpaired) electrons. The molecule has 20 heavy (non-hydrogen) atoms. The second-order valence-corrected chi connectivity index (χ2v) is 5.27. The molecule has 0 atom stereocenters. The van der Waals surface area contributed by atoms with Gasteiger partial charge in [-0.15, -0.1) is 0 Å². The molecule has 0 spiro atoms. The molecule has 0 amide bonds. The summed E-state index contributed by atoms with van der Waals surface area (Å²) < 4.78 is 0. The average molecular weight is 271 g/mol. The third-order valence-electron chi connectivity index (χ3n) is 3.96. The Bertz CT molecular complexity index is 547. The van der Waals surface area contributed by atoms with Crippen LogP contribution in [0.15, 0.2) is 30.5 Å². The number of benzene rings is 1. The summed E-state index contributed by atoms with van der Waals surface area (Å²) in [4.78, 5) is 4.61. The van der Waals surface area contributed by atoms with E-state index in [0.29, 0.717) is 5.92 Å². The van der Waals surface area contributed by atoms with Gasteiger partial charge in [-0.3, -0.25) is 0 Å². The van der Waals surface area contributed by atoms with Crippen molar-refractivity contribution in [1.82, 2.24) is 10.3 Å². The van der Waals surface area contributed by atoms with Crippen LogP contribution in [0.3, 0.4) is 0 Å². The van der Waals surface area contributed by atoms with E-state index >= 15 is 0 Å². The second kappa shape index (κ2) is 7.25. The van der Waals surface area contributed by atoms with Gasteiger partial charge in [0, 0.05) is 24.7 Å². The van der Waals surface area contributed by atoms with E-state index in [2.05, 4.69) is 53.7 Å². The van der Waals surface area contributed by atoms with Crippen LogP contribution in [0, 0.1) is 5.92 Å². The number of anilines is 1. The van der Waals surface area contributed by atoms with Crippen molar-refractivity contribution in [1.29, 1.82) is 0 Å². The molecule has 0 saturated heterocycles. The third-order valence-corrected chi connectivity index (χ3v) is 3.96. The van der Waals surface area contributed by atoms with Crippen LogP contribution in [-0.4, -0.2) is 18.6 Å². The molecule has 1 aromatic heterocycles. The molecule has 0 aliphatic carbocycles. The van der Waals surface area contributed by atoms with E-state index in [1.165, 1.54) is 29.2 Å². The molecule has 0 bridgehead atoms. The Hall–Kier alpha value is -1.61. The lowest BCUT2D eigenvalue weighted by atomic mass is 10.0. The first-order valence-corrected chi connectivity index (χ1v) is 7.55. The summed E-state index contributed by atoms with van der Waals surface area (Å²) in [5.74, 6) is 1.72. The summed E-state index contributed by atoms with van der Waals surface area (Å²) in [6, 6.07) is 8.49. The van der Waals surface area contributed by atoms with E-state index in [9.17, 15) is 0 Å². The lowest BCUT2D eigenvalue weighted by Crippen LogP contribution is -2.14. The lowest BCUT2D eigenvalue weighted by Gasteiger charge is -2.16. The fraction of sp³-hybridized carbons (Fsp3) is 0.471. The lowest BCUT2D eigenvalue weighted by molar-refractivity contribution is 0.518. The van der Waals surface area contributed by atoms with Gasteiger partial charge in [-0.1, -0.05) is 51.0 Å². The molecular weight excluding hydrogens is 246 g/mol. The van der Waals surface area contributed by atoms with Gasteiger partial charge in [0.1, 0.15) is 5.82 Å². The molecule has 0 aliphatic heterocycles. The minimum absolute atomic E-state index is 0.715. The van der Waals surface area contributed by atoms with Crippen molar-refractivity contribution >= 4 is 16.6 Å². The summed E-state index contributed by atoms with van der Waals surface area (Å²) in [6.45, 7) is 6.34. The number of aromatic nitrogens is 1. The summed E-state index contributed by atoms with van der Waals surface area (Å²) in [6.07, 6.45) is 4.40. The van der Waals surface area contributed by atoms with Gasteiger partial charge >= 0.3 is 0 Å². The molecule has 0 aliphatic rings. The average Bonchev–Trinajstić information content (AvgIpc) is 2.50. The number of pyridine rings is 1. The maximum atomic E-state index is 4.61. The van der Waals surface area contributed by atoms with Gasteiger partial charge in [-0.25, -0.2) is 4.98 Å². The van der Waals surface area contributed by atoms with Crippen molar-refractivity contribution < 1.29 is 0 Å². The first-order valence-electron chi connectivity index (χ1n) is 7.55. The molecule has 2 aromatic rings. The van der Waals surface area contributed by atoms with Gasteiger partial charge in [0.05, 0.1) is 0 Å². The Balaban J connectivity index is 2.28. The van der Waals surface area contributed by atoms with Gasteiger partial charge in [-0.05, 0) is 23.9 Å². The molecule has 2 N–H and O–H groups in total. The molecule has 0 fully saturated rings. The topological polar surface area (TPSA) is 37.0 Å². The quantitative estimate of drug-likeness (QED) is 0.804. The van der Waals surface area contributed by atoms with E-state index in [1.807, 2.05) is 13.2 Å². The van der Waals surface area contributed by atoms with Crippen LogP contribution in [0.2, 0.25) is 0 Å². The first kappa shape index (κ1) is 14.8. The van der Waals surface area contributed by atoms with Crippen molar-refractivity contribution in [2.24, 2.45) is 5.92 Å². The van der Waals surface area contributed by atoms with Crippen molar-refractivity contribution in [3.8, 4) is 0 Å². The molecular formula is C17H25N3. The van der Waals surface area contributed by atoms with E-state index < -0.39 is 0 Å². The maximum Gasteiger partial charge on any atom is 0.133 e. The predicted molar refractivity (Wildman–Crippen MR) is 87.1 cm³/mol. The van der Waals surface area contributed by atoms with Crippen molar-refractivity contribution in [2.45, 2.75) is 33.2 Å². The minimum Gasteiger partial charge on any atom is -0.369 e. The van der Waals surface area contributed by atoms with Crippen molar-refractivity contribution in [3.05, 3.63) is 36.0 Å². The van der Waals surface area contributed by atoms with E-state index in [-0.39, 0.29) is 0 Å². The fourth-order valence-corrected chi connectivity index (χ4v) is 2.54. The molecule has 1 aromatic carbocycles. The van der Waals surface area contributed by atoms with Gasteiger partial charge in [-0.2, -0.15) is 0 Å². The van der Waals surface area contributed by atoms with E-state index in [4.69, 9.17) is 0 Å². The number of hydrogen-bond donors (Lipinski definition) is 2. The summed E-state index contributed by atoms with van der Waals surface area (Å²) in [5.41, 5.74) is 1.25. The smallest absolute Gasteiger partial charge is 0.133 e. The minimum atomic E-state index is 0.715. The van der Waals surface area contributed by atoms with E-state index in [1.54, 1.807) is 0 Å². The predicted octanol–water partition coefficient (Wildman–Crippen LogP) is 3.80. The SMILES string of the molecule is CCC(CC)CNc1ncc(CNC)c2ccccc12. The standard InChI is InChI=1S/C17H25N3/c1-4-13(5-2)10-19-17-16-9-7-6-8-15(16)14(11-18-3)12-20-17/h6-9,12-13,18H,4-5,10-11H2,1-3H3,(H,19,20). The number of nitrogens with zero attached hydrogens (tertiary/aromatic N) is 1. The van der Waals surface area contributed by atoms with Crippen molar-refractivity contribution in [2.75, 3.05) is 18.9 Å². The summed E-state index contributed by atoms with van der Waals surface area (Å²) in [7, 11) is 1.97. The highest BCUT2D eigenvalue weighted by Crippen LogP contribution is 2.24. The fourth-order valence-electron chi connectivity index (χ4n) is 2.54. The maximum absolute atomic E-state index is 4.61. The zero-order valence-corrected chi connectivity index (χ0v) is 12.7. The van der Waals surface area contributed by atoms with Gasteiger partial charge in [0.2, 0.25) is 0 Å². The number of fused-ring (bicyclic) bond motifs is 1. The molecule has 0 unspecified atom stereocenters. The van der Waals surface area contributed by atoms with Crippen LogP contribution in [0.25, 0.3) is 10.8 Å². The molecule has 0 saturated carbocycles. The van der Waals surface area contributed by atoms with Gasteiger partial charge < -0.3 is 10.6 Å². The van der Waals surface area contributed by atoms with Crippen LogP contribution in [-0.2, 0) is 6.54 Å². The molecule has 2 rings (SSSR count). The highest BCUT2D eigenvalue weighted by Gasteiger charge is 2.08. The first-order chi connectivity index (χ1) is 9.80. The normalized spacial score (nSPS) is 11.2. The molecule has 108 valence electrons. The number of nitrogens with one attached hydrogen (secondary N) is 2. The Labute approximate surface area is 121 Å². The van der Waals surface area contributed by atoms with Crippen LogP contribution in [0.4, 0.5) is 5.82 Å². The summed E-state index contributed by atoms with van der Waals surface area (Å²) in [5, 5.41) is 9.23. The molecule has 3 nitrogen and oxygen atoms in total. The van der Waals surface area contributed by atoms with Crippen LogP contribution in [0.5, 0.6) is 0 Å². The monoisotopic (exact) mass is 271 g/mol. The largest absolute Gasteiger partial charge is 0.369 e. The van der Waals surface area contributed by atoms with Gasteiger partial charge in [0.15, 0.2) is 0 Å². The van der Waals surface area contributed by atoms with Gasteiger partial charge in [0.25, 0.3) is 0 Å².